The van der Waals surface area contributed by atoms with Crippen LogP contribution in [-0.2, 0) is 14.3 Å². The summed E-state index contributed by atoms with van der Waals surface area (Å²) in [5, 5.41) is 0. The van der Waals surface area contributed by atoms with Gasteiger partial charge in [-0.05, 0) is 18.8 Å². The van der Waals surface area contributed by atoms with Gasteiger partial charge >= 0.3 is 5.97 Å². The van der Waals surface area contributed by atoms with Crippen molar-refractivity contribution in [1.82, 2.24) is 0 Å². The van der Waals surface area contributed by atoms with E-state index in [0.29, 0.717) is 0 Å². The number of ether oxygens (including phenoxy) is 2. The molecular formula is C14H24O3. The first-order valence-corrected chi connectivity index (χ1v) is 6.88. The summed E-state index contributed by atoms with van der Waals surface area (Å²) in [6.45, 7) is 4.12. The van der Waals surface area contributed by atoms with Crippen LogP contribution < -0.4 is 0 Å². The molecule has 0 N–H and O–H groups in total. The molecule has 1 aliphatic heterocycles. The average molecular weight is 240 g/mol. The van der Waals surface area contributed by atoms with Crippen LogP contribution in [0.1, 0.15) is 58.8 Å². The largest absolute Gasteiger partial charge is 0.467 e. The molecule has 98 valence electrons. The monoisotopic (exact) mass is 240 g/mol. The van der Waals surface area contributed by atoms with E-state index in [1.807, 2.05) is 0 Å². The maximum absolute atomic E-state index is 12.1. The topological polar surface area (TPSA) is 38.8 Å². The molecule has 3 heteroatoms. The van der Waals surface area contributed by atoms with Gasteiger partial charge < -0.3 is 9.47 Å². The molecule has 0 aromatic carbocycles. The van der Waals surface area contributed by atoms with Gasteiger partial charge in [0.25, 0.3) is 0 Å². The summed E-state index contributed by atoms with van der Waals surface area (Å²) in [6, 6.07) is 0. The highest BCUT2D eigenvalue weighted by atomic mass is 16.7. The van der Waals surface area contributed by atoms with Crippen LogP contribution in [-0.4, -0.2) is 24.3 Å². The molecule has 2 rings (SSSR count). The maximum Gasteiger partial charge on any atom is 0.341 e. The molecule has 1 unspecified atom stereocenters. The van der Waals surface area contributed by atoms with E-state index in [4.69, 9.17) is 9.47 Å². The highest BCUT2D eigenvalue weighted by Crippen LogP contribution is 2.59. The standard InChI is InChI=1S/C14H24O3/c1-11(2)14(12(15)16-3)13(17-14)9-7-5-4-6-8-10-13/h11H,4-10H2,1-3H3. The Kier molecular flexibility index (Phi) is 3.48. The van der Waals surface area contributed by atoms with Gasteiger partial charge in [0.05, 0.1) is 7.11 Å². The fourth-order valence-corrected chi connectivity index (χ4v) is 3.49. The van der Waals surface area contributed by atoms with E-state index in [0.717, 1.165) is 12.8 Å². The van der Waals surface area contributed by atoms with Gasteiger partial charge in [0.15, 0.2) is 5.60 Å². The van der Waals surface area contributed by atoms with Gasteiger partial charge in [0, 0.05) is 0 Å². The van der Waals surface area contributed by atoms with Crippen molar-refractivity contribution >= 4 is 5.97 Å². The Morgan fingerprint density at radius 3 is 2.12 bits per heavy atom. The van der Waals surface area contributed by atoms with Crippen molar-refractivity contribution in [2.75, 3.05) is 7.11 Å². The first kappa shape index (κ1) is 12.9. The van der Waals surface area contributed by atoms with Crippen molar-refractivity contribution in [3.63, 3.8) is 0 Å². The fourth-order valence-electron chi connectivity index (χ4n) is 3.49. The molecule has 0 radical (unpaired) electrons. The van der Waals surface area contributed by atoms with Crippen molar-refractivity contribution in [3.05, 3.63) is 0 Å². The second kappa shape index (κ2) is 4.60. The second-order valence-corrected chi connectivity index (χ2v) is 5.75. The van der Waals surface area contributed by atoms with Gasteiger partial charge in [-0.15, -0.1) is 0 Å². The summed E-state index contributed by atoms with van der Waals surface area (Å²) in [5.74, 6) is 0.0162. The van der Waals surface area contributed by atoms with E-state index in [2.05, 4.69) is 13.8 Å². The molecule has 1 saturated heterocycles. The Labute approximate surface area is 104 Å². The van der Waals surface area contributed by atoms with E-state index in [1.165, 1.54) is 39.2 Å². The molecule has 1 heterocycles. The second-order valence-electron chi connectivity index (χ2n) is 5.75. The first-order chi connectivity index (χ1) is 8.09. The predicted octanol–water partition coefficient (Wildman–Crippen LogP) is 3.07. The molecular weight excluding hydrogens is 216 g/mol. The Balaban J connectivity index is 2.18. The maximum atomic E-state index is 12.1. The van der Waals surface area contributed by atoms with Crippen LogP contribution in [0.4, 0.5) is 0 Å². The van der Waals surface area contributed by atoms with Crippen molar-refractivity contribution in [2.45, 2.75) is 70.0 Å². The van der Waals surface area contributed by atoms with Crippen molar-refractivity contribution in [2.24, 2.45) is 5.92 Å². The fraction of sp³-hybridized carbons (Fsp3) is 0.929. The van der Waals surface area contributed by atoms with E-state index in [-0.39, 0.29) is 17.5 Å². The Bertz CT molecular complexity index is 290. The Hall–Kier alpha value is -0.570. The smallest absolute Gasteiger partial charge is 0.341 e. The van der Waals surface area contributed by atoms with Crippen LogP contribution >= 0.6 is 0 Å². The molecule has 2 fully saturated rings. The molecule has 1 atom stereocenters. The van der Waals surface area contributed by atoms with Crippen LogP contribution in [0.5, 0.6) is 0 Å². The third kappa shape index (κ3) is 1.88. The number of epoxide rings is 1. The van der Waals surface area contributed by atoms with Gasteiger partial charge in [-0.2, -0.15) is 0 Å². The molecule has 1 saturated carbocycles. The van der Waals surface area contributed by atoms with Gasteiger partial charge in [0.1, 0.15) is 5.60 Å². The number of carbonyl (C=O) groups excluding carboxylic acids is 1. The molecule has 0 aromatic rings. The summed E-state index contributed by atoms with van der Waals surface area (Å²) in [4.78, 5) is 12.1. The van der Waals surface area contributed by atoms with Crippen LogP contribution in [0.3, 0.4) is 0 Å². The van der Waals surface area contributed by atoms with Gasteiger partial charge in [-0.1, -0.05) is 46.0 Å². The SMILES string of the molecule is COC(=O)C1(C(C)C)OC12CCCCCCC2. The number of esters is 1. The van der Waals surface area contributed by atoms with Crippen molar-refractivity contribution in [1.29, 1.82) is 0 Å². The zero-order valence-corrected chi connectivity index (χ0v) is 11.3. The summed E-state index contributed by atoms with van der Waals surface area (Å²) in [6.07, 6.45) is 8.22. The highest BCUT2D eigenvalue weighted by molar-refractivity contribution is 5.85. The van der Waals surface area contributed by atoms with Gasteiger partial charge in [0.2, 0.25) is 0 Å². The lowest BCUT2D eigenvalue weighted by molar-refractivity contribution is -0.148. The quantitative estimate of drug-likeness (QED) is 0.550. The molecule has 3 nitrogen and oxygen atoms in total. The lowest BCUT2D eigenvalue weighted by Crippen LogP contribution is -2.40. The Morgan fingerprint density at radius 1 is 1.12 bits per heavy atom. The van der Waals surface area contributed by atoms with Crippen LogP contribution in [0.15, 0.2) is 0 Å². The number of hydrogen-bond acceptors (Lipinski definition) is 3. The molecule has 1 aliphatic carbocycles. The minimum atomic E-state index is -0.654. The molecule has 0 amide bonds. The normalized spacial score (nSPS) is 32.0. The number of rotatable bonds is 2. The van der Waals surface area contributed by atoms with E-state index in [1.54, 1.807) is 0 Å². The third-order valence-corrected chi connectivity index (χ3v) is 4.45. The van der Waals surface area contributed by atoms with Crippen LogP contribution in [0.25, 0.3) is 0 Å². The Morgan fingerprint density at radius 2 is 1.65 bits per heavy atom. The van der Waals surface area contributed by atoms with Crippen molar-refractivity contribution < 1.29 is 14.3 Å². The summed E-state index contributed by atoms with van der Waals surface area (Å²) in [7, 11) is 1.46. The average Bonchev–Trinajstić information content (AvgIpc) is 2.94. The number of hydrogen-bond donors (Lipinski definition) is 0. The summed E-state index contributed by atoms with van der Waals surface area (Å²) < 4.78 is 11.0. The predicted molar refractivity (Wildman–Crippen MR) is 65.7 cm³/mol. The third-order valence-electron chi connectivity index (χ3n) is 4.45. The minimum absolute atomic E-state index is 0.173. The van der Waals surface area contributed by atoms with E-state index in [9.17, 15) is 4.79 Å². The lowest BCUT2D eigenvalue weighted by Gasteiger charge is -2.23. The zero-order chi connectivity index (χ0) is 12.5. The van der Waals surface area contributed by atoms with Gasteiger partial charge in [-0.3, -0.25) is 0 Å². The molecule has 0 aromatic heterocycles. The van der Waals surface area contributed by atoms with Crippen LogP contribution in [0, 0.1) is 5.92 Å². The van der Waals surface area contributed by atoms with E-state index >= 15 is 0 Å². The molecule has 2 aliphatic rings. The first-order valence-electron chi connectivity index (χ1n) is 6.88. The lowest BCUT2D eigenvalue weighted by atomic mass is 9.76. The molecule has 0 bridgehead atoms. The van der Waals surface area contributed by atoms with Crippen molar-refractivity contribution in [3.8, 4) is 0 Å². The van der Waals surface area contributed by atoms with Crippen LogP contribution in [0.2, 0.25) is 0 Å². The minimum Gasteiger partial charge on any atom is -0.467 e. The number of methoxy groups -OCH3 is 1. The molecule has 1 spiro atoms. The number of carbonyl (C=O) groups is 1. The van der Waals surface area contributed by atoms with E-state index < -0.39 is 5.60 Å². The van der Waals surface area contributed by atoms with Gasteiger partial charge in [-0.25, -0.2) is 4.79 Å². The summed E-state index contributed by atoms with van der Waals surface area (Å²) in [5.41, 5.74) is -0.867. The summed E-state index contributed by atoms with van der Waals surface area (Å²) >= 11 is 0. The molecule has 17 heavy (non-hydrogen) atoms. The highest BCUT2D eigenvalue weighted by Gasteiger charge is 2.75. The zero-order valence-electron chi connectivity index (χ0n) is 11.3.